The number of rotatable bonds is 4. The third kappa shape index (κ3) is 2.73. The molecule has 6 heteroatoms. The van der Waals surface area contributed by atoms with E-state index in [0.29, 0.717) is 31.2 Å². The zero-order chi connectivity index (χ0) is 14.2. The maximum absolute atomic E-state index is 11.5. The Hall–Kier alpha value is -0.980. The van der Waals surface area contributed by atoms with Gasteiger partial charge in [-0.05, 0) is 40.4 Å². The van der Waals surface area contributed by atoms with Crippen LogP contribution in [0.5, 0.6) is 0 Å². The van der Waals surface area contributed by atoms with Gasteiger partial charge in [-0.1, -0.05) is 0 Å². The van der Waals surface area contributed by atoms with E-state index in [9.17, 15) is 9.90 Å². The lowest BCUT2D eigenvalue weighted by atomic mass is 9.73. The standard InChI is InChI=1S/C14H16BrNO4/c15-10-1-2-12(16-8-10)11(13(17)18)5-9-6-14(7-9)19-3-4-20-14/h1-2,8-9,11H,3-7H2,(H,17,18). The summed E-state index contributed by atoms with van der Waals surface area (Å²) in [6, 6.07) is 3.59. The number of hydrogen-bond donors (Lipinski definition) is 1. The molecule has 1 saturated carbocycles. The Balaban J connectivity index is 1.64. The third-order valence-corrected chi connectivity index (χ3v) is 4.46. The fraction of sp³-hybridized carbons (Fsp3) is 0.571. The first-order valence-electron chi connectivity index (χ1n) is 6.70. The Kier molecular flexibility index (Phi) is 3.79. The summed E-state index contributed by atoms with van der Waals surface area (Å²) in [4.78, 5) is 15.7. The monoisotopic (exact) mass is 341 g/mol. The molecule has 0 bridgehead atoms. The molecule has 2 fully saturated rings. The van der Waals surface area contributed by atoms with Crippen LogP contribution in [0.4, 0.5) is 0 Å². The highest BCUT2D eigenvalue weighted by Crippen LogP contribution is 2.47. The minimum absolute atomic E-state index is 0.319. The van der Waals surface area contributed by atoms with Crippen LogP contribution in [0.15, 0.2) is 22.8 Å². The van der Waals surface area contributed by atoms with Crippen LogP contribution in [-0.2, 0) is 14.3 Å². The smallest absolute Gasteiger partial charge is 0.312 e. The molecule has 1 atom stereocenters. The number of halogens is 1. The Morgan fingerprint density at radius 1 is 1.45 bits per heavy atom. The van der Waals surface area contributed by atoms with Gasteiger partial charge >= 0.3 is 5.97 Å². The van der Waals surface area contributed by atoms with Crippen LogP contribution in [0, 0.1) is 5.92 Å². The summed E-state index contributed by atoms with van der Waals surface area (Å²) in [7, 11) is 0. The van der Waals surface area contributed by atoms with E-state index in [-0.39, 0.29) is 0 Å². The average Bonchev–Trinajstić information content (AvgIpc) is 2.85. The molecule has 1 N–H and O–H groups in total. The van der Waals surface area contributed by atoms with Crippen LogP contribution in [0.1, 0.15) is 30.9 Å². The van der Waals surface area contributed by atoms with Crippen LogP contribution in [-0.4, -0.2) is 35.1 Å². The molecule has 0 amide bonds. The van der Waals surface area contributed by atoms with Crippen molar-refractivity contribution in [2.75, 3.05) is 13.2 Å². The Labute approximate surface area is 125 Å². The number of hydrogen-bond acceptors (Lipinski definition) is 4. The van der Waals surface area contributed by atoms with Crippen LogP contribution in [0.3, 0.4) is 0 Å². The van der Waals surface area contributed by atoms with Gasteiger partial charge in [0.25, 0.3) is 0 Å². The zero-order valence-corrected chi connectivity index (χ0v) is 12.5. The number of nitrogens with zero attached hydrogens (tertiary/aromatic N) is 1. The molecule has 1 aliphatic carbocycles. The first-order valence-corrected chi connectivity index (χ1v) is 7.49. The van der Waals surface area contributed by atoms with E-state index in [2.05, 4.69) is 20.9 Å². The van der Waals surface area contributed by atoms with E-state index in [0.717, 1.165) is 17.3 Å². The molecule has 1 spiro atoms. The predicted octanol–water partition coefficient (Wildman–Crippen LogP) is 2.56. The quantitative estimate of drug-likeness (QED) is 0.911. The normalized spacial score (nSPS) is 22.6. The van der Waals surface area contributed by atoms with Crippen molar-refractivity contribution < 1.29 is 19.4 Å². The molecule has 0 aromatic carbocycles. The van der Waals surface area contributed by atoms with Gasteiger partial charge in [-0.3, -0.25) is 9.78 Å². The highest BCUT2D eigenvalue weighted by Gasteiger charge is 2.50. The fourth-order valence-corrected chi connectivity index (χ4v) is 3.23. The summed E-state index contributed by atoms with van der Waals surface area (Å²) < 4.78 is 12.0. The van der Waals surface area contributed by atoms with Crippen molar-refractivity contribution >= 4 is 21.9 Å². The van der Waals surface area contributed by atoms with Crippen LogP contribution in [0.25, 0.3) is 0 Å². The van der Waals surface area contributed by atoms with Crippen molar-refractivity contribution in [3.05, 3.63) is 28.5 Å². The second-order valence-electron chi connectivity index (χ2n) is 5.41. The van der Waals surface area contributed by atoms with Gasteiger partial charge in [0.15, 0.2) is 5.79 Å². The van der Waals surface area contributed by atoms with Crippen molar-refractivity contribution in [3.8, 4) is 0 Å². The minimum Gasteiger partial charge on any atom is -0.481 e. The Morgan fingerprint density at radius 3 is 2.70 bits per heavy atom. The molecular formula is C14H16BrNO4. The summed E-state index contributed by atoms with van der Waals surface area (Å²) in [5.74, 6) is -1.48. The van der Waals surface area contributed by atoms with Gasteiger partial charge in [-0.2, -0.15) is 0 Å². The molecule has 5 nitrogen and oxygen atoms in total. The lowest BCUT2D eigenvalue weighted by molar-refractivity contribution is -0.232. The van der Waals surface area contributed by atoms with E-state index in [4.69, 9.17) is 9.47 Å². The number of carbonyl (C=O) groups is 1. The molecule has 1 aromatic rings. The van der Waals surface area contributed by atoms with E-state index in [1.54, 1.807) is 12.3 Å². The summed E-state index contributed by atoms with van der Waals surface area (Å²) in [5.41, 5.74) is 0.606. The molecule has 1 saturated heterocycles. The molecule has 108 valence electrons. The number of ether oxygens (including phenoxy) is 2. The molecule has 20 heavy (non-hydrogen) atoms. The van der Waals surface area contributed by atoms with Gasteiger partial charge in [0, 0.05) is 23.5 Å². The summed E-state index contributed by atoms with van der Waals surface area (Å²) in [6.07, 6.45) is 3.79. The molecule has 2 aliphatic rings. The minimum atomic E-state index is -0.825. The number of aliphatic carboxylic acids is 1. The maximum Gasteiger partial charge on any atom is 0.312 e. The number of pyridine rings is 1. The van der Waals surface area contributed by atoms with E-state index in [1.165, 1.54) is 0 Å². The molecule has 3 rings (SSSR count). The third-order valence-electron chi connectivity index (χ3n) is 3.99. The number of carboxylic acid groups (broad SMARTS) is 1. The van der Waals surface area contributed by atoms with Gasteiger partial charge in [0.2, 0.25) is 0 Å². The van der Waals surface area contributed by atoms with Crippen LogP contribution in [0.2, 0.25) is 0 Å². The second-order valence-corrected chi connectivity index (χ2v) is 6.33. The number of aromatic nitrogens is 1. The lowest BCUT2D eigenvalue weighted by Gasteiger charge is -2.43. The Morgan fingerprint density at radius 2 is 2.15 bits per heavy atom. The second kappa shape index (κ2) is 5.42. The summed E-state index contributed by atoms with van der Waals surface area (Å²) in [6.45, 7) is 1.28. The van der Waals surface area contributed by atoms with Gasteiger partial charge in [-0.25, -0.2) is 0 Å². The number of carboxylic acids is 1. The largest absolute Gasteiger partial charge is 0.481 e. The topological polar surface area (TPSA) is 68.7 Å². The SMILES string of the molecule is O=C(O)C(CC1CC2(C1)OCCO2)c1ccc(Br)cn1. The van der Waals surface area contributed by atoms with Crippen molar-refractivity contribution in [2.24, 2.45) is 5.92 Å². The van der Waals surface area contributed by atoms with Crippen molar-refractivity contribution in [1.82, 2.24) is 4.98 Å². The van der Waals surface area contributed by atoms with E-state index in [1.807, 2.05) is 6.07 Å². The average molecular weight is 342 g/mol. The Bertz CT molecular complexity index is 490. The van der Waals surface area contributed by atoms with Crippen molar-refractivity contribution in [3.63, 3.8) is 0 Å². The first kappa shape index (κ1) is 14.0. The highest BCUT2D eigenvalue weighted by atomic mass is 79.9. The molecule has 1 unspecified atom stereocenters. The van der Waals surface area contributed by atoms with Crippen molar-refractivity contribution in [1.29, 1.82) is 0 Å². The van der Waals surface area contributed by atoms with E-state index >= 15 is 0 Å². The van der Waals surface area contributed by atoms with Gasteiger partial charge in [-0.15, -0.1) is 0 Å². The fourth-order valence-electron chi connectivity index (χ4n) is 2.99. The molecule has 0 radical (unpaired) electrons. The molecule has 2 heterocycles. The van der Waals surface area contributed by atoms with Gasteiger partial charge in [0.05, 0.1) is 24.8 Å². The van der Waals surface area contributed by atoms with Gasteiger partial charge < -0.3 is 14.6 Å². The zero-order valence-electron chi connectivity index (χ0n) is 10.9. The van der Waals surface area contributed by atoms with Crippen LogP contribution >= 0.6 is 15.9 Å². The predicted molar refractivity (Wildman–Crippen MR) is 74.3 cm³/mol. The van der Waals surface area contributed by atoms with Crippen LogP contribution < -0.4 is 0 Å². The highest BCUT2D eigenvalue weighted by molar-refractivity contribution is 9.10. The first-order chi connectivity index (χ1) is 9.58. The molecular weight excluding hydrogens is 326 g/mol. The maximum atomic E-state index is 11.5. The lowest BCUT2D eigenvalue weighted by Crippen LogP contribution is -2.45. The van der Waals surface area contributed by atoms with E-state index < -0.39 is 17.7 Å². The van der Waals surface area contributed by atoms with Gasteiger partial charge in [0.1, 0.15) is 0 Å². The van der Waals surface area contributed by atoms with Crippen molar-refractivity contribution in [2.45, 2.75) is 31.0 Å². The molecule has 1 aliphatic heterocycles. The summed E-state index contributed by atoms with van der Waals surface area (Å²) >= 11 is 3.30. The molecule has 1 aromatic heterocycles. The summed E-state index contributed by atoms with van der Waals surface area (Å²) in [5, 5.41) is 9.41.